The summed E-state index contributed by atoms with van der Waals surface area (Å²) in [6, 6.07) is 19.2. The van der Waals surface area contributed by atoms with Crippen LogP contribution in [-0.4, -0.2) is 11.8 Å². The van der Waals surface area contributed by atoms with E-state index >= 15 is 0 Å². The first-order valence-corrected chi connectivity index (χ1v) is 7.10. The van der Waals surface area contributed by atoms with Crippen LogP contribution in [0.4, 0.5) is 0 Å². The van der Waals surface area contributed by atoms with E-state index in [9.17, 15) is 9.59 Å². The van der Waals surface area contributed by atoms with E-state index < -0.39 is 0 Å². The van der Waals surface area contributed by atoms with E-state index in [0.29, 0.717) is 12.8 Å². The maximum atomic E-state index is 11.6. The van der Waals surface area contributed by atoms with Crippen LogP contribution < -0.4 is 10.9 Å². The van der Waals surface area contributed by atoms with E-state index in [0.717, 1.165) is 11.1 Å². The standard InChI is InChI=1S/C18H18N2O2/c21-17(13-11-15-7-3-1-4-8-15)19-20-18(22)14-12-16-9-5-2-6-10-16/h1-11,13H,12,14H2,(H,19,21)(H,20,22). The lowest BCUT2D eigenvalue weighted by Gasteiger charge is -2.05. The molecule has 0 aliphatic heterocycles. The van der Waals surface area contributed by atoms with E-state index in [1.807, 2.05) is 60.7 Å². The van der Waals surface area contributed by atoms with Crippen LogP contribution in [-0.2, 0) is 16.0 Å². The van der Waals surface area contributed by atoms with E-state index in [1.165, 1.54) is 6.08 Å². The Morgan fingerprint density at radius 1 is 0.864 bits per heavy atom. The third-order valence-corrected chi connectivity index (χ3v) is 3.04. The Hall–Kier alpha value is -2.88. The zero-order chi connectivity index (χ0) is 15.6. The maximum Gasteiger partial charge on any atom is 0.262 e. The molecule has 0 aromatic heterocycles. The topological polar surface area (TPSA) is 58.2 Å². The molecule has 0 spiro atoms. The fourth-order valence-corrected chi connectivity index (χ4v) is 1.87. The fraction of sp³-hybridized carbons (Fsp3) is 0.111. The van der Waals surface area contributed by atoms with Crippen LogP contribution in [0.25, 0.3) is 6.08 Å². The molecule has 22 heavy (non-hydrogen) atoms. The highest BCUT2D eigenvalue weighted by Crippen LogP contribution is 2.02. The van der Waals surface area contributed by atoms with Gasteiger partial charge in [0.15, 0.2) is 0 Å². The Morgan fingerprint density at radius 2 is 1.50 bits per heavy atom. The molecule has 2 rings (SSSR count). The first-order valence-electron chi connectivity index (χ1n) is 7.10. The van der Waals surface area contributed by atoms with Crippen LogP contribution in [0.15, 0.2) is 66.7 Å². The minimum Gasteiger partial charge on any atom is -0.273 e. The first-order chi connectivity index (χ1) is 10.7. The fourth-order valence-electron chi connectivity index (χ4n) is 1.87. The van der Waals surface area contributed by atoms with Crippen molar-refractivity contribution in [3.8, 4) is 0 Å². The summed E-state index contributed by atoms with van der Waals surface area (Å²) in [5.41, 5.74) is 6.78. The molecule has 0 atom stereocenters. The van der Waals surface area contributed by atoms with Gasteiger partial charge in [0.1, 0.15) is 0 Å². The second-order valence-corrected chi connectivity index (χ2v) is 4.77. The van der Waals surface area contributed by atoms with Crippen LogP contribution in [0, 0.1) is 0 Å². The van der Waals surface area contributed by atoms with Crippen molar-refractivity contribution in [3.05, 3.63) is 77.9 Å². The molecule has 112 valence electrons. The number of benzene rings is 2. The third kappa shape index (κ3) is 5.63. The lowest BCUT2D eigenvalue weighted by Crippen LogP contribution is -2.40. The summed E-state index contributed by atoms with van der Waals surface area (Å²) in [6.45, 7) is 0. The molecule has 2 aromatic rings. The van der Waals surface area contributed by atoms with Crippen LogP contribution in [0.5, 0.6) is 0 Å². The van der Waals surface area contributed by atoms with Crippen molar-refractivity contribution in [2.75, 3.05) is 0 Å². The summed E-state index contributed by atoms with van der Waals surface area (Å²) in [5.74, 6) is -0.581. The molecule has 4 nitrogen and oxygen atoms in total. The zero-order valence-electron chi connectivity index (χ0n) is 12.2. The molecule has 0 aliphatic rings. The number of hydrazine groups is 1. The molecule has 0 radical (unpaired) electrons. The maximum absolute atomic E-state index is 11.6. The summed E-state index contributed by atoms with van der Waals surface area (Å²) >= 11 is 0. The first kappa shape index (κ1) is 15.5. The van der Waals surface area contributed by atoms with Gasteiger partial charge in [-0.1, -0.05) is 60.7 Å². The Bertz CT molecular complexity index is 637. The molecule has 0 unspecified atom stereocenters. The van der Waals surface area contributed by atoms with Crippen molar-refractivity contribution in [2.24, 2.45) is 0 Å². The predicted molar refractivity (Wildman–Crippen MR) is 86.5 cm³/mol. The summed E-state index contributed by atoms with van der Waals surface area (Å²) in [6.07, 6.45) is 4.04. The Balaban J connectivity index is 1.69. The number of aryl methyl sites for hydroxylation is 1. The van der Waals surface area contributed by atoms with Gasteiger partial charge in [0.25, 0.3) is 5.91 Å². The van der Waals surface area contributed by atoms with Gasteiger partial charge in [-0.05, 0) is 23.6 Å². The highest BCUT2D eigenvalue weighted by atomic mass is 16.2. The number of rotatable bonds is 5. The predicted octanol–water partition coefficient (Wildman–Crippen LogP) is 2.48. The van der Waals surface area contributed by atoms with Crippen molar-refractivity contribution < 1.29 is 9.59 Å². The van der Waals surface area contributed by atoms with E-state index in [2.05, 4.69) is 10.9 Å². The molecular weight excluding hydrogens is 276 g/mol. The van der Waals surface area contributed by atoms with E-state index in [-0.39, 0.29) is 11.8 Å². The third-order valence-electron chi connectivity index (χ3n) is 3.04. The van der Waals surface area contributed by atoms with Crippen molar-refractivity contribution >= 4 is 17.9 Å². The van der Waals surface area contributed by atoms with Crippen molar-refractivity contribution in [2.45, 2.75) is 12.8 Å². The van der Waals surface area contributed by atoms with Crippen LogP contribution in [0.1, 0.15) is 17.5 Å². The minimum absolute atomic E-state index is 0.217. The number of nitrogens with one attached hydrogen (secondary N) is 2. The number of hydrogen-bond donors (Lipinski definition) is 2. The molecule has 2 N–H and O–H groups in total. The highest BCUT2D eigenvalue weighted by Gasteiger charge is 2.02. The highest BCUT2D eigenvalue weighted by molar-refractivity contribution is 5.93. The molecule has 2 aromatic carbocycles. The number of carbonyl (C=O) groups excluding carboxylic acids is 2. The number of carbonyl (C=O) groups is 2. The number of hydrogen-bond acceptors (Lipinski definition) is 2. The molecule has 0 bridgehead atoms. The van der Waals surface area contributed by atoms with Crippen molar-refractivity contribution in [3.63, 3.8) is 0 Å². The lowest BCUT2D eigenvalue weighted by molar-refractivity contribution is -0.126. The van der Waals surface area contributed by atoms with Gasteiger partial charge in [-0.15, -0.1) is 0 Å². The molecule has 0 fully saturated rings. The van der Waals surface area contributed by atoms with Crippen molar-refractivity contribution in [1.29, 1.82) is 0 Å². The zero-order valence-corrected chi connectivity index (χ0v) is 12.2. The Kier molecular flexibility index (Phi) is 5.93. The normalized spacial score (nSPS) is 10.4. The van der Waals surface area contributed by atoms with Gasteiger partial charge in [0, 0.05) is 12.5 Å². The van der Waals surface area contributed by atoms with Gasteiger partial charge in [0.2, 0.25) is 5.91 Å². The van der Waals surface area contributed by atoms with Gasteiger partial charge >= 0.3 is 0 Å². The molecule has 0 heterocycles. The van der Waals surface area contributed by atoms with E-state index in [1.54, 1.807) is 6.08 Å². The number of amides is 2. The summed E-state index contributed by atoms with van der Waals surface area (Å²) in [7, 11) is 0. The van der Waals surface area contributed by atoms with Crippen LogP contribution in [0.3, 0.4) is 0 Å². The monoisotopic (exact) mass is 294 g/mol. The minimum atomic E-state index is -0.364. The molecule has 2 amide bonds. The molecular formula is C18H18N2O2. The van der Waals surface area contributed by atoms with Crippen LogP contribution >= 0.6 is 0 Å². The SMILES string of the molecule is O=C(C=Cc1ccccc1)NNC(=O)CCc1ccccc1. The smallest absolute Gasteiger partial charge is 0.262 e. The summed E-state index contributed by atoms with van der Waals surface area (Å²) in [5, 5.41) is 0. The van der Waals surface area contributed by atoms with Gasteiger partial charge < -0.3 is 0 Å². The largest absolute Gasteiger partial charge is 0.273 e. The van der Waals surface area contributed by atoms with Gasteiger partial charge in [-0.2, -0.15) is 0 Å². The van der Waals surface area contributed by atoms with Crippen LogP contribution in [0.2, 0.25) is 0 Å². The molecule has 0 saturated carbocycles. The summed E-state index contributed by atoms with van der Waals surface area (Å²) in [4.78, 5) is 23.2. The van der Waals surface area contributed by atoms with Crippen molar-refractivity contribution in [1.82, 2.24) is 10.9 Å². The quantitative estimate of drug-likeness (QED) is 0.657. The summed E-state index contributed by atoms with van der Waals surface area (Å²) < 4.78 is 0. The molecule has 4 heteroatoms. The van der Waals surface area contributed by atoms with E-state index in [4.69, 9.17) is 0 Å². The second kappa shape index (κ2) is 8.42. The molecule has 0 saturated heterocycles. The Morgan fingerprint density at radius 3 is 2.18 bits per heavy atom. The van der Waals surface area contributed by atoms with Gasteiger partial charge in [-0.25, -0.2) is 0 Å². The van der Waals surface area contributed by atoms with Gasteiger partial charge in [-0.3, -0.25) is 20.4 Å². The molecule has 0 aliphatic carbocycles. The average molecular weight is 294 g/mol. The van der Waals surface area contributed by atoms with Gasteiger partial charge in [0.05, 0.1) is 0 Å². The second-order valence-electron chi connectivity index (χ2n) is 4.77. The average Bonchev–Trinajstić information content (AvgIpc) is 2.58. The Labute approximate surface area is 129 Å². The lowest BCUT2D eigenvalue weighted by atomic mass is 10.1.